The molecule has 2 saturated heterocycles. The maximum atomic E-state index is 11.9. The van der Waals surface area contributed by atoms with E-state index >= 15 is 0 Å². The topological polar surface area (TPSA) is 158 Å². The summed E-state index contributed by atoms with van der Waals surface area (Å²) in [6.07, 6.45) is 9.20. The average Bonchev–Trinajstić information content (AvgIpc) is 3.49. The first-order valence-electron chi connectivity index (χ1n) is 14.3. The van der Waals surface area contributed by atoms with E-state index in [-0.39, 0.29) is 18.2 Å². The van der Waals surface area contributed by atoms with Crippen LogP contribution in [0.4, 0.5) is 10.7 Å². The van der Waals surface area contributed by atoms with Gasteiger partial charge in [0.05, 0.1) is 42.7 Å². The van der Waals surface area contributed by atoms with Gasteiger partial charge in [-0.05, 0) is 49.8 Å². The Bertz CT molecular complexity index is 1610. The molecular formula is C29H37N9O4S. The normalized spacial score (nSPS) is 18.3. The van der Waals surface area contributed by atoms with Gasteiger partial charge in [0, 0.05) is 56.6 Å². The summed E-state index contributed by atoms with van der Waals surface area (Å²) < 4.78 is 31.8. The molecule has 0 radical (unpaired) electrons. The fourth-order valence-electron chi connectivity index (χ4n) is 5.63. The van der Waals surface area contributed by atoms with Crippen molar-refractivity contribution < 1.29 is 17.9 Å². The van der Waals surface area contributed by atoms with E-state index in [1.807, 2.05) is 19.2 Å². The molecule has 1 unspecified atom stereocenters. The number of likely N-dealkylation sites (tertiary alicyclic amines) is 1. The highest BCUT2D eigenvalue weighted by Crippen LogP contribution is 2.25. The number of hydrogen-bond acceptors (Lipinski definition) is 10. The minimum absolute atomic E-state index is 0.0297. The molecule has 0 spiro atoms. The highest BCUT2D eigenvalue weighted by Gasteiger charge is 2.26. The SMILES string of the molecule is COC(=O)N1CCCC(NCc2ccc(-n3cc(-c4nc(NC5CCN(S(C)(=O)=O)CC5)ncc4C#N)cn3)c(C)c2)C1. The summed E-state index contributed by atoms with van der Waals surface area (Å²) in [6, 6.07) is 8.60. The molecule has 13 nitrogen and oxygen atoms in total. The number of piperidine rings is 2. The first-order chi connectivity index (χ1) is 20.6. The van der Waals surface area contributed by atoms with Crippen LogP contribution in [-0.2, 0) is 21.3 Å². The van der Waals surface area contributed by atoms with E-state index in [0.717, 1.165) is 36.2 Å². The summed E-state index contributed by atoms with van der Waals surface area (Å²) in [5, 5.41) is 21.1. The molecule has 0 aliphatic carbocycles. The van der Waals surface area contributed by atoms with Crippen molar-refractivity contribution in [2.24, 2.45) is 0 Å². The van der Waals surface area contributed by atoms with Crippen LogP contribution >= 0.6 is 0 Å². The van der Waals surface area contributed by atoms with Crippen LogP contribution in [0.2, 0.25) is 0 Å². The Kier molecular flexibility index (Phi) is 9.24. The lowest BCUT2D eigenvalue weighted by atomic mass is 10.0. The van der Waals surface area contributed by atoms with Crippen LogP contribution in [0.25, 0.3) is 16.9 Å². The fourth-order valence-corrected chi connectivity index (χ4v) is 6.50. The third kappa shape index (κ3) is 7.30. The van der Waals surface area contributed by atoms with Gasteiger partial charge >= 0.3 is 6.09 Å². The summed E-state index contributed by atoms with van der Waals surface area (Å²) in [6.45, 7) is 4.94. The molecule has 228 valence electrons. The van der Waals surface area contributed by atoms with E-state index in [4.69, 9.17) is 4.74 Å². The number of nitrogens with zero attached hydrogens (tertiary/aromatic N) is 7. The Labute approximate surface area is 251 Å². The van der Waals surface area contributed by atoms with Crippen LogP contribution < -0.4 is 10.6 Å². The molecule has 2 aromatic heterocycles. The van der Waals surface area contributed by atoms with Crippen molar-refractivity contribution in [3.63, 3.8) is 0 Å². The van der Waals surface area contributed by atoms with Gasteiger partial charge in [-0.25, -0.2) is 32.2 Å². The van der Waals surface area contributed by atoms with E-state index < -0.39 is 10.0 Å². The van der Waals surface area contributed by atoms with Crippen LogP contribution in [0.5, 0.6) is 0 Å². The molecular weight excluding hydrogens is 570 g/mol. The number of aryl methyl sites for hydroxylation is 1. The van der Waals surface area contributed by atoms with Gasteiger partial charge in [0.1, 0.15) is 6.07 Å². The lowest BCUT2D eigenvalue weighted by Gasteiger charge is -2.32. The Morgan fingerprint density at radius 1 is 1.16 bits per heavy atom. The van der Waals surface area contributed by atoms with E-state index in [2.05, 4.69) is 43.9 Å². The van der Waals surface area contributed by atoms with Gasteiger partial charge in [0.25, 0.3) is 0 Å². The van der Waals surface area contributed by atoms with Gasteiger partial charge in [-0.2, -0.15) is 10.4 Å². The van der Waals surface area contributed by atoms with E-state index in [9.17, 15) is 18.5 Å². The number of carbonyl (C=O) groups excluding carboxylic acids is 1. The van der Waals surface area contributed by atoms with Crippen LogP contribution in [0, 0.1) is 18.3 Å². The molecule has 2 aliphatic heterocycles. The monoisotopic (exact) mass is 607 g/mol. The number of benzene rings is 1. The third-order valence-electron chi connectivity index (χ3n) is 7.98. The van der Waals surface area contributed by atoms with E-state index in [0.29, 0.717) is 61.8 Å². The Balaban J connectivity index is 1.25. The maximum Gasteiger partial charge on any atom is 0.409 e. The molecule has 1 amide bonds. The molecule has 2 N–H and O–H groups in total. The van der Waals surface area contributed by atoms with Crippen molar-refractivity contribution in [3.8, 4) is 23.0 Å². The predicted molar refractivity (Wildman–Crippen MR) is 161 cm³/mol. The second kappa shape index (κ2) is 13.1. The molecule has 2 fully saturated rings. The molecule has 14 heteroatoms. The Morgan fingerprint density at radius 3 is 2.65 bits per heavy atom. The van der Waals surface area contributed by atoms with Crippen molar-refractivity contribution in [2.75, 3.05) is 44.9 Å². The number of sulfonamides is 1. The number of hydrogen-bond donors (Lipinski definition) is 2. The van der Waals surface area contributed by atoms with Crippen LogP contribution in [-0.4, -0.2) is 95.1 Å². The number of ether oxygens (including phenoxy) is 1. The minimum Gasteiger partial charge on any atom is -0.453 e. The third-order valence-corrected chi connectivity index (χ3v) is 9.28. The molecule has 3 aromatic rings. The molecule has 1 aromatic carbocycles. The fraction of sp³-hybridized carbons (Fsp3) is 0.483. The highest BCUT2D eigenvalue weighted by molar-refractivity contribution is 7.88. The quantitative estimate of drug-likeness (QED) is 0.390. The van der Waals surface area contributed by atoms with Crippen molar-refractivity contribution in [3.05, 3.63) is 53.5 Å². The number of rotatable bonds is 8. The molecule has 0 bridgehead atoms. The molecule has 43 heavy (non-hydrogen) atoms. The van der Waals surface area contributed by atoms with Gasteiger partial charge in [0.2, 0.25) is 16.0 Å². The highest BCUT2D eigenvalue weighted by atomic mass is 32.2. The summed E-state index contributed by atoms with van der Waals surface area (Å²) in [7, 11) is -1.79. The number of carbonyl (C=O) groups is 1. The van der Waals surface area contributed by atoms with Crippen LogP contribution in [0.1, 0.15) is 42.4 Å². The zero-order valence-electron chi connectivity index (χ0n) is 24.7. The van der Waals surface area contributed by atoms with Crippen molar-refractivity contribution in [1.82, 2.24) is 34.3 Å². The second-order valence-corrected chi connectivity index (χ2v) is 13.1. The van der Waals surface area contributed by atoms with Gasteiger partial charge in [-0.15, -0.1) is 0 Å². The molecule has 2 aliphatic rings. The molecule has 5 rings (SSSR count). The number of anilines is 1. The van der Waals surface area contributed by atoms with Gasteiger partial charge in [-0.3, -0.25) is 0 Å². The standard InChI is InChI=1S/C29H37N9O4S/c1-20-13-21(15-31-25-5-4-10-36(19-25)29(39)42-2)6-7-26(20)38-18-23(17-33-38)27-22(14-30)16-32-28(35-27)34-24-8-11-37(12-9-24)43(3,40)41/h6-7,13,16-18,24-25,31H,4-5,8-12,15,19H2,1-3H3,(H,32,34,35). The van der Waals surface area contributed by atoms with Crippen molar-refractivity contribution in [2.45, 2.75) is 51.2 Å². The van der Waals surface area contributed by atoms with E-state index in [1.54, 1.807) is 15.8 Å². The summed E-state index contributed by atoms with van der Waals surface area (Å²) in [5.74, 6) is 0.389. The molecule has 1 atom stereocenters. The first kappa shape index (κ1) is 30.4. The van der Waals surface area contributed by atoms with Gasteiger partial charge in [-0.1, -0.05) is 12.1 Å². The van der Waals surface area contributed by atoms with Crippen molar-refractivity contribution >= 4 is 22.1 Å². The lowest BCUT2D eigenvalue weighted by molar-refractivity contribution is 0.107. The zero-order valence-corrected chi connectivity index (χ0v) is 25.5. The molecule has 4 heterocycles. The van der Waals surface area contributed by atoms with Crippen LogP contribution in [0.15, 0.2) is 36.8 Å². The summed E-state index contributed by atoms with van der Waals surface area (Å²) in [4.78, 5) is 22.6. The molecule has 0 saturated carbocycles. The average molecular weight is 608 g/mol. The van der Waals surface area contributed by atoms with Gasteiger partial charge in [0.15, 0.2) is 0 Å². The number of amides is 1. The minimum atomic E-state index is -3.20. The van der Waals surface area contributed by atoms with E-state index in [1.165, 1.54) is 23.9 Å². The largest absolute Gasteiger partial charge is 0.453 e. The Morgan fingerprint density at radius 2 is 1.95 bits per heavy atom. The zero-order chi connectivity index (χ0) is 30.6. The second-order valence-electron chi connectivity index (χ2n) is 11.1. The number of aromatic nitrogens is 4. The summed E-state index contributed by atoms with van der Waals surface area (Å²) in [5.41, 5.74) is 4.58. The van der Waals surface area contributed by atoms with Gasteiger partial charge < -0.3 is 20.3 Å². The lowest BCUT2D eigenvalue weighted by Crippen LogP contribution is -2.47. The first-order valence-corrected chi connectivity index (χ1v) is 16.2. The smallest absolute Gasteiger partial charge is 0.409 e. The predicted octanol–water partition coefficient (Wildman–Crippen LogP) is 2.67. The van der Waals surface area contributed by atoms with Crippen LogP contribution in [0.3, 0.4) is 0 Å². The summed E-state index contributed by atoms with van der Waals surface area (Å²) >= 11 is 0. The maximum absolute atomic E-state index is 11.9. The van der Waals surface area contributed by atoms with Crippen molar-refractivity contribution in [1.29, 1.82) is 5.26 Å². The number of nitrogens with one attached hydrogen (secondary N) is 2. The number of nitriles is 1. The Hall–Kier alpha value is -4.06. The number of methoxy groups -OCH3 is 1.